The molecule has 0 bridgehead atoms. The number of hydrogen-bond acceptors (Lipinski definition) is 1. The lowest BCUT2D eigenvalue weighted by Gasteiger charge is -2.06. The van der Waals surface area contributed by atoms with Crippen LogP contribution in [0.3, 0.4) is 0 Å². The molecule has 7 heteroatoms. The van der Waals surface area contributed by atoms with Crippen molar-refractivity contribution >= 4 is 12.0 Å². The van der Waals surface area contributed by atoms with Gasteiger partial charge in [-0.1, -0.05) is 0 Å². The number of rotatable bonds is 2. The molecule has 0 aromatic heterocycles. The molecule has 0 heterocycles. The number of benzene rings is 1. The molecule has 0 aliphatic rings. The summed E-state index contributed by atoms with van der Waals surface area (Å²) in [5.41, 5.74) is -1.15. The highest BCUT2D eigenvalue weighted by Gasteiger charge is 2.24. The second kappa shape index (κ2) is 5.16. The third-order valence-corrected chi connectivity index (χ3v) is 2.08. The molecule has 0 saturated carbocycles. The fourth-order valence-electron chi connectivity index (χ4n) is 1.07. The molecule has 0 radical (unpaired) electrons. The predicted molar refractivity (Wildman–Crippen MR) is 54.0 cm³/mol. The molecule has 0 N–H and O–H groups in total. The van der Waals surface area contributed by atoms with Gasteiger partial charge in [-0.15, -0.1) is 0 Å². The second-order valence-electron chi connectivity index (χ2n) is 3.55. The Morgan fingerprint density at radius 2 is 1.28 bits per heavy atom. The van der Waals surface area contributed by atoms with Crippen LogP contribution in [0.1, 0.15) is 5.56 Å². The molecule has 2 nitrogen and oxygen atoms in total. The van der Waals surface area contributed by atoms with Crippen LogP contribution in [0.2, 0.25) is 0 Å². The van der Waals surface area contributed by atoms with E-state index in [-0.39, 0.29) is 0 Å². The molecule has 1 amide bonds. The van der Waals surface area contributed by atoms with Crippen LogP contribution >= 0.6 is 0 Å². The van der Waals surface area contributed by atoms with Crippen molar-refractivity contribution in [2.45, 2.75) is 0 Å². The van der Waals surface area contributed by atoms with Crippen molar-refractivity contribution in [3.05, 3.63) is 40.7 Å². The van der Waals surface area contributed by atoms with Crippen LogP contribution in [0.15, 0.2) is 6.08 Å². The Kier molecular flexibility index (Phi) is 4.05. The van der Waals surface area contributed by atoms with Crippen molar-refractivity contribution in [1.29, 1.82) is 0 Å². The summed E-state index contributed by atoms with van der Waals surface area (Å²) in [5, 5.41) is 0. The highest BCUT2D eigenvalue weighted by molar-refractivity contribution is 5.91. The third-order valence-electron chi connectivity index (χ3n) is 2.08. The number of carbonyl (C=O) groups is 1. The molecule has 98 valence electrons. The minimum absolute atomic E-state index is 0.540. The zero-order valence-corrected chi connectivity index (χ0v) is 9.40. The van der Waals surface area contributed by atoms with Crippen LogP contribution in [0.5, 0.6) is 0 Å². The van der Waals surface area contributed by atoms with Crippen molar-refractivity contribution in [2.75, 3.05) is 14.1 Å². The lowest BCUT2D eigenvalue weighted by atomic mass is 10.1. The van der Waals surface area contributed by atoms with E-state index in [4.69, 9.17) is 0 Å². The van der Waals surface area contributed by atoms with E-state index in [0.29, 0.717) is 12.2 Å². The standard InChI is InChI=1S/C11H8F5NO/c1-17(2)6(18)4-3-5-7(12)9(14)11(16)10(15)8(5)13/h3-4H,1-2H3/b4-3+. The second-order valence-corrected chi connectivity index (χ2v) is 3.55. The summed E-state index contributed by atoms with van der Waals surface area (Å²) < 4.78 is 64.6. The Bertz CT molecular complexity index is 496. The van der Waals surface area contributed by atoms with E-state index in [0.717, 1.165) is 4.90 Å². The summed E-state index contributed by atoms with van der Waals surface area (Å²) in [5.74, 6) is -10.9. The van der Waals surface area contributed by atoms with Gasteiger partial charge in [0, 0.05) is 20.2 Å². The fourth-order valence-corrected chi connectivity index (χ4v) is 1.07. The van der Waals surface area contributed by atoms with Crippen molar-refractivity contribution in [2.24, 2.45) is 0 Å². The third kappa shape index (κ3) is 2.49. The van der Waals surface area contributed by atoms with Crippen LogP contribution in [0.4, 0.5) is 22.0 Å². The topological polar surface area (TPSA) is 20.3 Å². The Balaban J connectivity index is 3.30. The minimum Gasteiger partial charge on any atom is -0.345 e. The maximum absolute atomic E-state index is 13.2. The zero-order chi connectivity index (χ0) is 14.0. The molecule has 0 unspecified atom stereocenters. The van der Waals surface area contributed by atoms with Crippen LogP contribution in [-0.2, 0) is 4.79 Å². The summed E-state index contributed by atoms with van der Waals surface area (Å²) in [6.45, 7) is 0. The monoisotopic (exact) mass is 265 g/mol. The number of amides is 1. The molecule has 1 rings (SSSR count). The Hall–Kier alpha value is -1.92. The fraction of sp³-hybridized carbons (Fsp3) is 0.182. The van der Waals surface area contributed by atoms with Crippen LogP contribution < -0.4 is 0 Å². The molecular formula is C11H8F5NO. The van der Waals surface area contributed by atoms with E-state index in [1.165, 1.54) is 14.1 Å². The smallest absolute Gasteiger partial charge is 0.246 e. The van der Waals surface area contributed by atoms with E-state index in [9.17, 15) is 26.7 Å². The van der Waals surface area contributed by atoms with Gasteiger partial charge in [0.05, 0.1) is 5.56 Å². The Morgan fingerprint density at radius 1 is 0.889 bits per heavy atom. The van der Waals surface area contributed by atoms with E-state index in [2.05, 4.69) is 0 Å². The number of carbonyl (C=O) groups excluding carboxylic acids is 1. The van der Waals surface area contributed by atoms with Gasteiger partial charge in [-0.05, 0) is 6.08 Å². The van der Waals surface area contributed by atoms with Crippen molar-refractivity contribution < 1.29 is 26.7 Å². The van der Waals surface area contributed by atoms with Gasteiger partial charge >= 0.3 is 0 Å². The molecule has 0 aliphatic heterocycles. The average molecular weight is 265 g/mol. The lowest BCUT2D eigenvalue weighted by Crippen LogP contribution is -2.18. The maximum atomic E-state index is 13.2. The highest BCUT2D eigenvalue weighted by atomic mass is 19.2. The molecule has 0 spiro atoms. The maximum Gasteiger partial charge on any atom is 0.246 e. The molecule has 0 saturated heterocycles. The summed E-state index contributed by atoms with van der Waals surface area (Å²) in [6, 6.07) is 0. The van der Waals surface area contributed by atoms with Gasteiger partial charge in [0.2, 0.25) is 11.7 Å². The van der Waals surface area contributed by atoms with Crippen molar-refractivity contribution in [3.8, 4) is 0 Å². The molecule has 1 aromatic carbocycles. The largest absolute Gasteiger partial charge is 0.345 e. The number of halogens is 5. The summed E-state index contributed by atoms with van der Waals surface area (Å²) in [7, 11) is 2.73. The van der Waals surface area contributed by atoms with Crippen LogP contribution in [0.25, 0.3) is 6.08 Å². The van der Waals surface area contributed by atoms with E-state index < -0.39 is 40.6 Å². The van der Waals surface area contributed by atoms with E-state index >= 15 is 0 Å². The zero-order valence-electron chi connectivity index (χ0n) is 9.40. The number of nitrogens with zero attached hydrogens (tertiary/aromatic N) is 1. The highest BCUT2D eigenvalue weighted by Crippen LogP contribution is 2.23. The van der Waals surface area contributed by atoms with Crippen LogP contribution in [0, 0.1) is 29.1 Å². The number of likely N-dealkylation sites (N-methyl/N-ethyl adjacent to an activating group) is 1. The van der Waals surface area contributed by atoms with Gasteiger partial charge in [0.25, 0.3) is 0 Å². The van der Waals surface area contributed by atoms with Crippen molar-refractivity contribution in [3.63, 3.8) is 0 Å². The summed E-state index contributed by atoms with van der Waals surface area (Å²) in [6.07, 6.45) is 1.25. The van der Waals surface area contributed by atoms with Gasteiger partial charge in [0.1, 0.15) is 0 Å². The summed E-state index contributed by atoms with van der Waals surface area (Å²) in [4.78, 5) is 12.2. The van der Waals surface area contributed by atoms with Gasteiger partial charge in [-0.25, -0.2) is 22.0 Å². The number of hydrogen-bond donors (Lipinski definition) is 0. The lowest BCUT2D eigenvalue weighted by molar-refractivity contribution is -0.123. The quantitative estimate of drug-likeness (QED) is 0.348. The first-order valence-electron chi connectivity index (χ1n) is 4.68. The van der Waals surface area contributed by atoms with Crippen LogP contribution in [-0.4, -0.2) is 24.9 Å². The van der Waals surface area contributed by atoms with Gasteiger partial charge in [-0.3, -0.25) is 4.79 Å². The average Bonchev–Trinajstić information content (AvgIpc) is 2.33. The van der Waals surface area contributed by atoms with Gasteiger partial charge in [-0.2, -0.15) is 0 Å². The first-order valence-corrected chi connectivity index (χ1v) is 4.68. The first kappa shape index (κ1) is 14.1. The SMILES string of the molecule is CN(C)C(=O)/C=C/c1c(F)c(F)c(F)c(F)c1F. The normalized spacial score (nSPS) is 11.1. The molecule has 0 aliphatic carbocycles. The molecule has 0 fully saturated rings. The van der Waals surface area contributed by atoms with Gasteiger partial charge < -0.3 is 4.90 Å². The summed E-state index contributed by atoms with van der Waals surface area (Å²) >= 11 is 0. The predicted octanol–water partition coefficient (Wildman–Crippen LogP) is 2.48. The molecule has 18 heavy (non-hydrogen) atoms. The van der Waals surface area contributed by atoms with E-state index in [1.54, 1.807) is 0 Å². The molecule has 0 atom stereocenters. The molecule has 1 aromatic rings. The first-order chi connectivity index (χ1) is 8.27. The van der Waals surface area contributed by atoms with Gasteiger partial charge in [0.15, 0.2) is 23.3 Å². The molecular weight excluding hydrogens is 257 g/mol. The van der Waals surface area contributed by atoms with Crippen molar-refractivity contribution in [1.82, 2.24) is 4.90 Å². The Morgan fingerprint density at radius 3 is 1.67 bits per heavy atom. The van der Waals surface area contributed by atoms with E-state index in [1.807, 2.05) is 0 Å². The minimum atomic E-state index is -2.24. The Labute approximate surface area is 99.3 Å².